The number of nitrogens with one attached hydrogen (secondary N) is 1. The summed E-state index contributed by atoms with van der Waals surface area (Å²) in [5.41, 5.74) is 4.15. The SMILES string of the molecule is CCc1ccc2[nH]c(=O)c([C@H](c3nnnn3Cc3ccco3)N(Cc3cccnc3)Cc3ccccc3Cl)cc2c1. The Morgan fingerprint density at radius 3 is 2.71 bits per heavy atom. The largest absolute Gasteiger partial charge is 0.467 e. The first kappa shape index (κ1) is 26.6. The van der Waals surface area contributed by atoms with Crippen molar-refractivity contribution < 1.29 is 4.42 Å². The molecule has 0 aliphatic carbocycles. The van der Waals surface area contributed by atoms with Gasteiger partial charge in [0.05, 0.1) is 6.26 Å². The van der Waals surface area contributed by atoms with Crippen molar-refractivity contribution in [2.24, 2.45) is 0 Å². The van der Waals surface area contributed by atoms with Crippen molar-refractivity contribution >= 4 is 22.5 Å². The fourth-order valence-electron chi connectivity index (χ4n) is 5.08. The molecule has 2 aromatic carbocycles. The fourth-order valence-corrected chi connectivity index (χ4v) is 5.27. The number of rotatable bonds is 10. The van der Waals surface area contributed by atoms with Gasteiger partial charge in [-0.2, -0.15) is 0 Å². The molecule has 0 aliphatic rings. The number of tetrazole rings is 1. The van der Waals surface area contributed by atoms with Crippen LogP contribution in [0.25, 0.3) is 10.9 Å². The maximum Gasteiger partial charge on any atom is 0.253 e. The summed E-state index contributed by atoms with van der Waals surface area (Å²) in [6, 6.07) is 22.7. The number of aromatic nitrogens is 6. The molecule has 4 aromatic heterocycles. The van der Waals surface area contributed by atoms with Crippen LogP contribution in [0.15, 0.2) is 101 Å². The van der Waals surface area contributed by atoms with Crippen LogP contribution in [0.1, 0.15) is 46.8 Å². The van der Waals surface area contributed by atoms with E-state index in [1.165, 1.54) is 5.56 Å². The highest BCUT2D eigenvalue weighted by Gasteiger charge is 2.31. The summed E-state index contributed by atoms with van der Waals surface area (Å²) in [5.74, 6) is 1.20. The first-order valence-electron chi connectivity index (χ1n) is 13.4. The van der Waals surface area contributed by atoms with Crippen molar-refractivity contribution in [3.63, 3.8) is 0 Å². The molecule has 6 rings (SSSR count). The fraction of sp³-hybridized carbons (Fsp3) is 0.194. The van der Waals surface area contributed by atoms with Gasteiger partial charge in [0.1, 0.15) is 18.3 Å². The van der Waals surface area contributed by atoms with Crippen molar-refractivity contribution in [1.29, 1.82) is 0 Å². The third-order valence-corrected chi connectivity index (χ3v) is 7.50. The smallest absolute Gasteiger partial charge is 0.253 e. The van der Waals surface area contributed by atoms with E-state index in [1.807, 2.05) is 72.9 Å². The van der Waals surface area contributed by atoms with Crippen LogP contribution in [-0.2, 0) is 26.1 Å². The monoisotopic (exact) mass is 565 g/mol. The number of hydrogen-bond donors (Lipinski definition) is 1. The van der Waals surface area contributed by atoms with Crippen LogP contribution in [0, 0.1) is 0 Å². The number of hydrogen-bond acceptors (Lipinski definition) is 7. The third-order valence-electron chi connectivity index (χ3n) is 7.13. The molecule has 4 heterocycles. The van der Waals surface area contributed by atoms with Crippen LogP contribution in [0.3, 0.4) is 0 Å². The van der Waals surface area contributed by atoms with Gasteiger partial charge >= 0.3 is 0 Å². The van der Waals surface area contributed by atoms with Crippen molar-refractivity contribution in [3.05, 3.63) is 141 Å². The lowest BCUT2D eigenvalue weighted by Crippen LogP contribution is -2.35. The lowest BCUT2D eigenvalue weighted by atomic mass is 10.0. The molecule has 10 heteroatoms. The van der Waals surface area contributed by atoms with Crippen LogP contribution in [0.5, 0.6) is 0 Å². The van der Waals surface area contributed by atoms with Crippen LogP contribution in [0.4, 0.5) is 0 Å². The zero-order chi connectivity index (χ0) is 28.2. The molecule has 0 saturated heterocycles. The second-order valence-electron chi connectivity index (χ2n) is 9.86. The number of aryl methyl sites for hydroxylation is 1. The summed E-state index contributed by atoms with van der Waals surface area (Å²) in [7, 11) is 0. The van der Waals surface area contributed by atoms with Crippen molar-refractivity contribution in [3.8, 4) is 0 Å². The second kappa shape index (κ2) is 11.9. The third kappa shape index (κ3) is 5.82. The average Bonchev–Trinajstić information content (AvgIpc) is 3.68. The van der Waals surface area contributed by atoms with Gasteiger partial charge in [-0.25, -0.2) is 4.68 Å². The molecule has 0 aliphatic heterocycles. The van der Waals surface area contributed by atoms with E-state index in [4.69, 9.17) is 16.0 Å². The van der Waals surface area contributed by atoms with Gasteiger partial charge in [0.25, 0.3) is 5.56 Å². The van der Waals surface area contributed by atoms with Gasteiger partial charge in [0.15, 0.2) is 5.82 Å². The Kier molecular flexibility index (Phi) is 7.71. The maximum atomic E-state index is 13.8. The van der Waals surface area contributed by atoms with Crippen LogP contribution < -0.4 is 5.56 Å². The van der Waals surface area contributed by atoms with Gasteiger partial charge in [-0.15, -0.1) is 5.10 Å². The molecule has 1 N–H and O–H groups in total. The minimum absolute atomic E-state index is 0.213. The lowest BCUT2D eigenvalue weighted by Gasteiger charge is -2.31. The number of furan rings is 1. The molecule has 1 atom stereocenters. The Labute approximate surface area is 241 Å². The van der Waals surface area contributed by atoms with Gasteiger partial charge in [0.2, 0.25) is 0 Å². The Hall–Kier alpha value is -4.60. The first-order chi connectivity index (χ1) is 20.1. The Morgan fingerprint density at radius 1 is 1.02 bits per heavy atom. The minimum Gasteiger partial charge on any atom is -0.467 e. The number of aromatic amines is 1. The number of H-pyrrole nitrogens is 1. The van der Waals surface area contributed by atoms with Crippen molar-refractivity contribution in [2.75, 3.05) is 0 Å². The molecule has 0 saturated carbocycles. The number of halogens is 1. The normalized spacial score (nSPS) is 12.3. The Morgan fingerprint density at radius 2 is 1.93 bits per heavy atom. The van der Waals surface area contributed by atoms with Crippen LogP contribution in [0.2, 0.25) is 5.02 Å². The molecular weight excluding hydrogens is 538 g/mol. The standard InChI is InChI=1S/C31H28ClN7O2/c1-2-21-11-12-28-24(15-21)16-26(31(40)34-28)29(30-35-36-37-39(30)20-25-9-6-14-41-25)38(18-22-7-5-13-33-17-22)19-23-8-3-4-10-27(23)32/h3-17,29H,2,18-20H2,1H3,(H,34,40)/t29-/m1/s1. The van der Waals surface area contributed by atoms with E-state index in [9.17, 15) is 4.79 Å². The Bertz CT molecular complexity index is 1820. The quantitative estimate of drug-likeness (QED) is 0.232. The topological polar surface area (TPSA) is 106 Å². The van der Waals surface area contributed by atoms with E-state index >= 15 is 0 Å². The molecule has 0 amide bonds. The average molecular weight is 566 g/mol. The highest BCUT2D eigenvalue weighted by atomic mass is 35.5. The van der Waals surface area contributed by atoms with Crippen molar-refractivity contribution in [2.45, 2.75) is 39.0 Å². The highest BCUT2D eigenvalue weighted by Crippen LogP contribution is 2.31. The van der Waals surface area contributed by atoms with E-state index < -0.39 is 6.04 Å². The molecule has 0 spiro atoms. The summed E-state index contributed by atoms with van der Waals surface area (Å²) in [6.45, 7) is 3.31. The van der Waals surface area contributed by atoms with Crippen LogP contribution >= 0.6 is 11.6 Å². The molecule has 206 valence electrons. The number of benzene rings is 2. The van der Waals surface area contributed by atoms with Gasteiger partial charge < -0.3 is 9.40 Å². The molecular formula is C31H28ClN7O2. The summed E-state index contributed by atoms with van der Waals surface area (Å²) in [5, 5.41) is 14.4. The zero-order valence-corrected chi connectivity index (χ0v) is 23.2. The second-order valence-corrected chi connectivity index (χ2v) is 10.3. The van der Waals surface area contributed by atoms with Gasteiger partial charge in [0, 0.05) is 41.6 Å². The molecule has 6 aromatic rings. The molecule has 41 heavy (non-hydrogen) atoms. The number of pyridine rings is 2. The molecule has 0 unspecified atom stereocenters. The maximum absolute atomic E-state index is 13.8. The molecule has 0 fully saturated rings. The highest BCUT2D eigenvalue weighted by molar-refractivity contribution is 6.31. The summed E-state index contributed by atoms with van der Waals surface area (Å²) in [6.07, 6.45) is 6.06. The van der Waals surface area contributed by atoms with Gasteiger partial charge in [-0.3, -0.25) is 14.7 Å². The van der Waals surface area contributed by atoms with Gasteiger partial charge in [-0.1, -0.05) is 48.9 Å². The first-order valence-corrected chi connectivity index (χ1v) is 13.8. The Balaban J connectivity index is 1.54. The van der Waals surface area contributed by atoms with E-state index in [-0.39, 0.29) is 5.56 Å². The van der Waals surface area contributed by atoms with E-state index in [2.05, 4.69) is 43.4 Å². The van der Waals surface area contributed by atoms with E-state index in [0.29, 0.717) is 41.8 Å². The van der Waals surface area contributed by atoms with Crippen molar-refractivity contribution in [1.82, 2.24) is 35.1 Å². The summed E-state index contributed by atoms with van der Waals surface area (Å²) in [4.78, 5) is 23.4. The number of fused-ring (bicyclic) bond motifs is 1. The van der Waals surface area contributed by atoms with E-state index in [0.717, 1.165) is 28.5 Å². The number of nitrogens with zero attached hydrogens (tertiary/aromatic N) is 6. The molecule has 9 nitrogen and oxygen atoms in total. The summed E-state index contributed by atoms with van der Waals surface area (Å²) < 4.78 is 7.28. The minimum atomic E-state index is -0.630. The van der Waals surface area contributed by atoms with Crippen LogP contribution in [-0.4, -0.2) is 35.1 Å². The predicted octanol–water partition coefficient (Wildman–Crippen LogP) is 5.56. The zero-order valence-electron chi connectivity index (χ0n) is 22.4. The van der Waals surface area contributed by atoms with Gasteiger partial charge in [-0.05, 0) is 81.4 Å². The summed E-state index contributed by atoms with van der Waals surface area (Å²) >= 11 is 6.65. The lowest BCUT2D eigenvalue weighted by molar-refractivity contribution is 0.193. The molecule has 0 bridgehead atoms. The molecule has 0 radical (unpaired) electrons. The van der Waals surface area contributed by atoms with E-state index in [1.54, 1.807) is 17.1 Å². The predicted molar refractivity (Wildman–Crippen MR) is 156 cm³/mol.